The standard InChI is InChI=1S/C17H23N3/c1-3-14-4-6-15(7-5-14)11-20-13-19-10-16(20)17(2)8-9-18-12-17/h4-7,10,13,18H,3,8-9,11-12H2,1-2H3. The third-order valence-corrected chi connectivity index (χ3v) is 4.48. The number of nitrogens with one attached hydrogen (secondary N) is 1. The van der Waals surface area contributed by atoms with Gasteiger partial charge in [0, 0.05) is 30.4 Å². The molecule has 106 valence electrons. The highest BCUT2D eigenvalue weighted by Gasteiger charge is 2.33. The largest absolute Gasteiger partial charge is 0.330 e. The number of benzene rings is 1. The molecule has 1 aliphatic heterocycles. The molecule has 3 heteroatoms. The molecule has 1 unspecified atom stereocenters. The lowest BCUT2D eigenvalue weighted by atomic mass is 9.86. The van der Waals surface area contributed by atoms with E-state index in [0.29, 0.717) is 0 Å². The summed E-state index contributed by atoms with van der Waals surface area (Å²) >= 11 is 0. The first-order valence-electron chi connectivity index (χ1n) is 7.50. The van der Waals surface area contributed by atoms with Crippen LogP contribution >= 0.6 is 0 Å². The summed E-state index contributed by atoms with van der Waals surface area (Å²) in [4.78, 5) is 4.38. The van der Waals surface area contributed by atoms with Crippen LogP contribution in [0.25, 0.3) is 0 Å². The predicted molar refractivity (Wildman–Crippen MR) is 82.0 cm³/mol. The molecule has 2 heterocycles. The quantitative estimate of drug-likeness (QED) is 0.925. The Kier molecular flexibility index (Phi) is 3.62. The van der Waals surface area contributed by atoms with Gasteiger partial charge >= 0.3 is 0 Å². The van der Waals surface area contributed by atoms with Gasteiger partial charge in [0.15, 0.2) is 0 Å². The number of imidazole rings is 1. The van der Waals surface area contributed by atoms with Gasteiger partial charge in [0.25, 0.3) is 0 Å². The van der Waals surface area contributed by atoms with Crippen LogP contribution in [-0.4, -0.2) is 22.6 Å². The van der Waals surface area contributed by atoms with Crippen LogP contribution in [0.15, 0.2) is 36.8 Å². The Morgan fingerprint density at radius 2 is 2.00 bits per heavy atom. The zero-order valence-corrected chi connectivity index (χ0v) is 12.4. The maximum atomic E-state index is 4.38. The van der Waals surface area contributed by atoms with Crippen LogP contribution < -0.4 is 5.32 Å². The van der Waals surface area contributed by atoms with Crippen LogP contribution in [0.2, 0.25) is 0 Å². The van der Waals surface area contributed by atoms with Crippen molar-refractivity contribution >= 4 is 0 Å². The summed E-state index contributed by atoms with van der Waals surface area (Å²) in [6, 6.07) is 8.92. The van der Waals surface area contributed by atoms with E-state index >= 15 is 0 Å². The second-order valence-electron chi connectivity index (χ2n) is 6.06. The highest BCUT2D eigenvalue weighted by atomic mass is 15.1. The molecule has 0 aliphatic carbocycles. The first-order valence-corrected chi connectivity index (χ1v) is 7.50. The maximum absolute atomic E-state index is 4.38. The zero-order chi connectivity index (χ0) is 14.0. The van der Waals surface area contributed by atoms with Gasteiger partial charge in [-0.2, -0.15) is 0 Å². The van der Waals surface area contributed by atoms with Crippen LogP contribution in [0.4, 0.5) is 0 Å². The fraction of sp³-hybridized carbons (Fsp3) is 0.471. The van der Waals surface area contributed by atoms with E-state index < -0.39 is 0 Å². The van der Waals surface area contributed by atoms with Crippen LogP contribution in [0.3, 0.4) is 0 Å². The minimum absolute atomic E-state index is 0.222. The lowest BCUT2D eigenvalue weighted by Crippen LogP contribution is -2.28. The van der Waals surface area contributed by atoms with Gasteiger partial charge < -0.3 is 9.88 Å². The molecule has 0 bridgehead atoms. The third kappa shape index (κ3) is 2.50. The van der Waals surface area contributed by atoms with Crippen LogP contribution in [0.5, 0.6) is 0 Å². The van der Waals surface area contributed by atoms with Gasteiger partial charge in [0.05, 0.1) is 6.33 Å². The first kappa shape index (κ1) is 13.4. The lowest BCUT2D eigenvalue weighted by Gasteiger charge is -2.24. The van der Waals surface area contributed by atoms with Crippen molar-refractivity contribution in [1.29, 1.82) is 0 Å². The molecule has 2 aromatic rings. The smallest absolute Gasteiger partial charge is 0.0951 e. The summed E-state index contributed by atoms with van der Waals surface area (Å²) in [6.07, 6.45) is 6.29. The van der Waals surface area contributed by atoms with Gasteiger partial charge in [-0.15, -0.1) is 0 Å². The molecule has 1 atom stereocenters. The van der Waals surface area contributed by atoms with Gasteiger partial charge in [-0.25, -0.2) is 4.98 Å². The fourth-order valence-electron chi connectivity index (χ4n) is 3.06. The molecule has 1 N–H and O–H groups in total. The summed E-state index contributed by atoms with van der Waals surface area (Å²) in [5, 5.41) is 3.47. The van der Waals surface area contributed by atoms with Crippen molar-refractivity contribution in [2.24, 2.45) is 0 Å². The summed E-state index contributed by atoms with van der Waals surface area (Å²) in [5.41, 5.74) is 4.31. The molecular formula is C17H23N3. The Bertz CT molecular complexity index is 562. The average Bonchev–Trinajstić information content (AvgIpc) is 3.10. The van der Waals surface area contributed by atoms with Crippen molar-refractivity contribution in [2.75, 3.05) is 13.1 Å². The van der Waals surface area contributed by atoms with Gasteiger partial charge in [-0.1, -0.05) is 38.1 Å². The third-order valence-electron chi connectivity index (χ3n) is 4.48. The molecule has 0 saturated carbocycles. The molecule has 1 aromatic carbocycles. The number of aryl methyl sites for hydroxylation is 1. The van der Waals surface area contributed by atoms with E-state index in [1.54, 1.807) is 0 Å². The molecule has 1 aromatic heterocycles. The van der Waals surface area contributed by atoms with Gasteiger partial charge in [0.1, 0.15) is 0 Å². The van der Waals surface area contributed by atoms with E-state index in [-0.39, 0.29) is 5.41 Å². The van der Waals surface area contributed by atoms with E-state index in [4.69, 9.17) is 0 Å². The second kappa shape index (κ2) is 5.41. The molecule has 1 aliphatic rings. The number of hydrogen-bond donors (Lipinski definition) is 1. The average molecular weight is 269 g/mol. The number of nitrogens with zero attached hydrogens (tertiary/aromatic N) is 2. The van der Waals surface area contributed by atoms with E-state index in [1.807, 2.05) is 12.5 Å². The minimum Gasteiger partial charge on any atom is -0.330 e. The molecule has 0 spiro atoms. The van der Waals surface area contributed by atoms with E-state index in [9.17, 15) is 0 Å². The molecular weight excluding hydrogens is 246 g/mol. The molecule has 3 nitrogen and oxygen atoms in total. The maximum Gasteiger partial charge on any atom is 0.0951 e. The molecule has 1 saturated heterocycles. The highest BCUT2D eigenvalue weighted by molar-refractivity contribution is 5.24. The van der Waals surface area contributed by atoms with Crippen LogP contribution in [-0.2, 0) is 18.4 Å². The van der Waals surface area contributed by atoms with Crippen LogP contribution in [0, 0.1) is 0 Å². The van der Waals surface area contributed by atoms with E-state index in [0.717, 1.165) is 26.1 Å². The molecule has 1 fully saturated rings. The minimum atomic E-state index is 0.222. The molecule has 0 amide bonds. The number of aromatic nitrogens is 2. The number of hydrogen-bond acceptors (Lipinski definition) is 2. The van der Waals surface area contributed by atoms with E-state index in [2.05, 4.69) is 53.0 Å². The van der Waals surface area contributed by atoms with Crippen molar-refractivity contribution in [1.82, 2.24) is 14.9 Å². The predicted octanol–water partition coefficient (Wildman–Crippen LogP) is 2.74. The summed E-state index contributed by atoms with van der Waals surface area (Å²) in [6.45, 7) is 7.59. The van der Waals surface area contributed by atoms with Gasteiger partial charge in [-0.05, 0) is 30.5 Å². The van der Waals surface area contributed by atoms with Crippen LogP contribution in [0.1, 0.15) is 37.1 Å². The monoisotopic (exact) mass is 269 g/mol. The summed E-state index contributed by atoms with van der Waals surface area (Å²) in [5.74, 6) is 0. The Balaban J connectivity index is 1.82. The fourth-order valence-corrected chi connectivity index (χ4v) is 3.06. The molecule has 20 heavy (non-hydrogen) atoms. The van der Waals surface area contributed by atoms with E-state index in [1.165, 1.54) is 23.2 Å². The van der Waals surface area contributed by atoms with Crippen molar-refractivity contribution < 1.29 is 0 Å². The Morgan fingerprint density at radius 1 is 1.25 bits per heavy atom. The summed E-state index contributed by atoms with van der Waals surface area (Å²) in [7, 11) is 0. The van der Waals surface area contributed by atoms with Crippen molar-refractivity contribution in [3.8, 4) is 0 Å². The molecule has 0 radical (unpaired) electrons. The first-order chi connectivity index (χ1) is 9.71. The SMILES string of the molecule is CCc1ccc(Cn2cncc2C2(C)CCNC2)cc1. The van der Waals surface area contributed by atoms with Gasteiger partial charge in [-0.3, -0.25) is 0 Å². The van der Waals surface area contributed by atoms with Crippen molar-refractivity contribution in [2.45, 2.75) is 38.6 Å². The second-order valence-corrected chi connectivity index (χ2v) is 6.06. The van der Waals surface area contributed by atoms with Crippen molar-refractivity contribution in [3.63, 3.8) is 0 Å². The lowest BCUT2D eigenvalue weighted by molar-refractivity contribution is 0.481. The molecule has 3 rings (SSSR count). The Labute approximate surface area is 121 Å². The van der Waals surface area contributed by atoms with Gasteiger partial charge in [0.2, 0.25) is 0 Å². The number of rotatable bonds is 4. The Morgan fingerprint density at radius 3 is 2.65 bits per heavy atom. The zero-order valence-electron chi connectivity index (χ0n) is 12.4. The highest BCUT2D eigenvalue weighted by Crippen LogP contribution is 2.30. The Hall–Kier alpha value is -1.61. The normalized spacial score (nSPS) is 22.3. The van der Waals surface area contributed by atoms with Crippen molar-refractivity contribution in [3.05, 3.63) is 53.6 Å². The topological polar surface area (TPSA) is 29.9 Å². The summed E-state index contributed by atoms with van der Waals surface area (Å²) < 4.78 is 2.30.